The summed E-state index contributed by atoms with van der Waals surface area (Å²) in [5.41, 5.74) is 7.75. The van der Waals surface area contributed by atoms with Crippen molar-refractivity contribution >= 4 is 23.0 Å². The number of nitrogens with zero attached hydrogens (tertiary/aromatic N) is 3. The summed E-state index contributed by atoms with van der Waals surface area (Å²) in [7, 11) is 0. The maximum Gasteiger partial charge on any atom is 0.219 e. The monoisotopic (exact) mass is 276 g/mol. The maximum atomic E-state index is 5.56. The van der Waals surface area contributed by atoms with E-state index in [9.17, 15) is 0 Å². The molecule has 0 aromatic carbocycles. The molecule has 3 rings (SSSR count). The largest absolute Gasteiger partial charge is 0.375 e. The average Bonchev–Trinajstić information content (AvgIpc) is 2.89. The van der Waals surface area contributed by atoms with Gasteiger partial charge >= 0.3 is 0 Å². The van der Waals surface area contributed by atoms with Crippen molar-refractivity contribution in [2.45, 2.75) is 13.0 Å². The van der Waals surface area contributed by atoms with E-state index in [1.807, 2.05) is 0 Å². The topological polar surface area (TPSA) is 64.3 Å². The minimum atomic E-state index is 0.289. The van der Waals surface area contributed by atoms with Crippen molar-refractivity contribution in [3.05, 3.63) is 23.8 Å². The Morgan fingerprint density at radius 1 is 1.42 bits per heavy atom. The van der Waals surface area contributed by atoms with Crippen molar-refractivity contribution in [3.8, 4) is 10.4 Å². The van der Waals surface area contributed by atoms with E-state index < -0.39 is 0 Å². The van der Waals surface area contributed by atoms with Crippen LogP contribution in [0.3, 0.4) is 0 Å². The third-order valence-electron chi connectivity index (χ3n) is 3.15. The Bertz CT molecular complexity index is 554. The smallest absolute Gasteiger partial charge is 0.219 e. The van der Waals surface area contributed by atoms with Gasteiger partial charge in [0.25, 0.3) is 0 Å². The second kappa shape index (κ2) is 5.14. The molecule has 1 aliphatic heterocycles. The fourth-order valence-electron chi connectivity index (χ4n) is 2.16. The van der Waals surface area contributed by atoms with Crippen LogP contribution in [0.2, 0.25) is 0 Å². The van der Waals surface area contributed by atoms with Crippen molar-refractivity contribution < 1.29 is 4.74 Å². The molecule has 1 fully saturated rings. The molecule has 0 radical (unpaired) electrons. The van der Waals surface area contributed by atoms with Crippen LogP contribution in [-0.2, 0) is 4.74 Å². The highest BCUT2D eigenvalue weighted by Crippen LogP contribution is 2.31. The molecule has 0 spiro atoms. The van der Waals surface area contributed by atoms with Crippen LogP contribution < -0.4 is 10.6 Å². The average molecular weight is 276 g/mol. The number of ether oxygens (including phenoxy) is 1. The maximum absolute atomic E-state index is 5.56. The summed E-state index contributed by atoms with van der Waals surface area (Å²) in [4.78, 5) is 11.6. The molecular formula is C13H16N4OS. The lowest BCUT2D eigenvalue weighted by Crippen LogP contribution is -2.40. The molecule has 5 nitrogen and oxygen atoms in total. The predicted molar refractivity (Wildman–Crippen MR) is 77.4 cm³/mol. The second-order valence-corrected chi connectivity index (χ2v) is 5.54. The molecule has 2 aromatic heterocycles. The Hall–Kier alpha value is -1.66. The number of anilines is 2. The summed E-state index contributed by atoms with van der Waals surface area (Å²) >= 11 is 1.70. The minimum absolute atomic E-state index is 0.289. The lowest BCUT2D eigenvalue weighted by atomic mass is 10.2. The van der Waals surface area contributed by atoms with Crippen LogP contribution in [0.25, 0.3) is 10.4 Å². The summed E-state index contributed by atoms with van der Waals surface area (Å²) in [6, 6.07) is 2.18. The molecule has 2 N–H and O–H groups in total. The van der Waals surface area contributed by atoms with Gasteiger partial charge in [0.05, 0.1) is 12.7 Å². The first-order valence-corrected chi connectivity index (χ1v) is 7.13. The molecule has 0 aliphatic carbocycles. The molecule has 0 saturated carbocycles. The van der Waals surface area contributed by atoms with Crippen LogP contribution in [0.4, 0.5) is 11.6 Å². The highest BCUT2D eigenvalue weighted by atomic mass is 32.1. The lowest BCUT2D eigenvalue weighted by Gasteiger charge is -2.32. The van der Waals surface area contributed by atoms with Crippen LogP contribution in [0.15, 0.2) is 23.8 Å². The third kappa shape index (κ3) is 2.69. The SMILES string of the molecule is CC1CN(c2csc(-c3cnc(N)nc3)c2)CCO1. The first-order chi connectivity index (χ1) is 9.22. The highest BCUT2D eigenvalue weighted by Gasteiger charge is 2.18. The Labute approximate surface area is 116 Å². The van der Waals surface area contributed by atoms with Crippen LogP contribution >= 0.6 is 11.3 Å². The molecule has 2 aromatic rings. The number of nitrogen functional groups attached to an aromatic ring is 1. The number of hydrogen-bond donors (Lipinski definition) is 1. The van der Waals surface area contributed by atoms with Crippen LogP contribution in [0.5, 0.6) is 0 Å². The normalized spacial score (nSPS) is 19.6. The number of thiophene rings is 1. The predicted octanol–water partition coefficient (Wildman–Crippen LogP) is 2.01. The van der Waals surface area contributed by atoms with Crippen molar-refractivity contribution in [3.63, 3.8) is 0 Å². The van der Waals surface area contributed by atoms with Gasteiger partial charge in [-0.2, -0.15) is 0 Å². The van der Waals surface area contributed by atoms with Gasteiger partial charge in [0.1, 0.15) is 0 Å². The number of hydrogen-bond acceptors (Lipinski definition) is 6. The molecule has 0 bridgehead atoms. The first-order valence-electron chi connectivity index (χ1n) is 6.25. The van der Waals surface area contributed by atoms with E-state index in [4.69, 9.17) is 10.5 Å². The van der Waals surface area contributed by atoms with Gasteiger partial charge in [0, 0.05) is 47.0 Å². The van der Waals surface area contributed by atoms with Gasteiger partial charge < -0.3 is 15.4 Å². The van der Waals surface area contributed by atoms with E-state index in [1.165, 1.54) is 5.69 Å². The third-order valence-corrected chi connectivity index (χ3v) is 4.11. The van der Waals surface area contributed by atoms with Crippen LogP contribution in [-0.4, -0.2) is 35.8 Å². The van der Waals surface area contributed by atoms with Gasteiger partial charge in [0.15, 0.2) is 0 Å². The molecule has 0 amide bonds. The second-order valence-electron chi connectivity index (χ2n) is 4.63. The lowest BCUT2D eigenvalue weighted by molar-refractivity contribution is 0.0532. The number of rotatable bonds is 2. The summed E-state index contributed by atoms with van der Waals surface area (Å²) in [6.07, 6.45) is 3.82. The van der Waals surface area contributed by atoms with E-state index in [0.717, 1.165) is 30.1 Å². The van der Waals surface area contributed by atoms with Gasteiger partial charge in [-0.25, -0.2) is 9.97 Å². The molecule has 100 valence electrons. The zero-order valence-electron chi connectivity index (χ0n) is 10.7. The Morgan fingerprint density at radius 3 is 2.95 bits per heavy atom. The highest BCUT2D eigenvalue weighted by molar-refractivity contribution is 7.14. The number of morpholine rings is 1. The number of nitrogens with two attached hydrogens (primary N) is 1. The minimum Gasteiger partial charge on any atom is -0.375 e. The van der Waals surface area contributed by atoms with Crippen LogP contribution in [0, 0.1) is 0 Å². The van der Waals surface area contributed by atoms with Gasteiger partial charge in [0.2, 0.25) is 5.95 Å². The standard InChI is InChI=1S/C13H16N4OS/c1-9-7-17(2-3-18-9)11-4-12(19-8-11)10-5-15-13(14)16-6-10/h4-6,8-9H,2-3,7H2,1H3,(H2,14,15,16). The van der Waals surface area contributed by atoms with E-state index in [2.05, 4.69) is 33.2 Å². The Kier molecular flexibility index (Phi) is 3.35. The van der Waals surface area contributed by atoms with Gasteiger partial charge in [-0.3, -0.25) is 0 Å². The van der Waals surface area contributed by atoms with E-state index in [0.29, 0.717) is 5.95 Å². The Morgan fingerprint density at radius 2 is 2.21 bits per heavy atom. The van der Waals surface area contributed by atoms with E-state index >= 15 is 0 Å². The Balaban J connectivity index is 1.81. The summed E-state index contributed by atoms with van der Waals surface area (Å²) in [5.74, 6) is 0.308. The van der Waals surface area contributed by atoms with Gasteiger partial charge in [-0.15, -0.1) is 11.3 Å². The van der Waals surface area contributed by atoms with Crippen molar-refractivity contribution in [1.29, 1.82) is 0 Å². The van der Waals surface area contributed by atoms with Crippen LogP contribution in [0.1, 0.15) is 6.92 Å². The van der Waals surface area contributed by atoms with E-state index in [1.54, 1.807) is 23.7 Å². The zero-order valence-corrected chi connectivity index (χ0v) is 11.6. The fraction of sp³-hybridized carbons (Fsp3) is 0.385. The van der Waals surface area contributed by atoms with E-state index in [-0.39, 0.29) is 6.10 Å². The molecule has 6 heteroatoms. The molecule has 3 heterocycles. The van der Waals surface area contributed by atoms with Crippen molar-refractivity contribution in [1.82, 2.24) is 9.97 Å². The summed E-state index contributed by atoms with van der Waals surface area (Å²) in [5, 5.41) is 2.17. The zero-order chi connectivity index (χ0) is 13.2. The molecule has 1 unspecified atom stereocenters. The fourth-order valence-corrected chi connectivity index (χ4v) is 3.06. The quantitative estimate of drug-likeness (QED) is 0.909. The molecule has 1 aliphatic rings. The van der Waals surface area contributed by atoms with Gasteiger partial charge in [-0.05, 0) is 13.0 Å². The molecular weight excluding hydrogens is 260 g/mol. The molecule has 1 saturated heterocycles. The summed E-state index contributed by atoms with van der Waals surface area (Å²) in [6.45, 7) is 4.78. The molecule has 1 atom stereocenters. The van der Waals surface area contributed by atoms with Crippen molar-refractivity contribution in [2.75, 3.05) is 30.3 Å². The number of aromatic nitrogens is 2. The van der Waals surface area contributed by atoms with Gasteiger partial charge in [-0.1, -0.05) is 0 Å². The van der Waals surface area contributed by atoms with Crippen molar-refractivity contribution in [2.24, 2.45) is 0 Å². The first kappa shape index (κ1) is 12.4. The summed E-state index contributed by atoms with van der Waals surface area (Å²) < 4.78 is 5.56. The molecule has 19 heavy (non-hydrogen) atoms.